The van der Waals surface area contributed by atoms with Gasteiger partial charge >= 0.3 is 0 Å². The molecule has 0 aliphatic carbocycles. The maximum atomic E-state index is 12.4. The summed E-state index contributed by atoms with van der Waals surface area (Å²) in [4.78, 5) is 12.4. The van der Waals surface area contributed by atoms with Crippen molar-refractivity contribution in [3.8, 4) is 0 Å². The summed E-state index contributed by atoms with van der Waals surface area (Å²) >= 11 is 0. The number of hydrogen-bond acceptors (Lipinski definition) is 3. The Kier molecular flexibility index (Phi) is 3.83. The molecule has 1 aromatic carbocycles. The van der Waals surface area contributed by atoms with E-state index in [2.05, 4.69) is 17.4 Å². The van der Waals surface area contributed by atoms with Gasteiger partial charge in [0.15, 0.2) is 0 Å². The van der Waals surface area contributed by atoms with Crippen LogP contribution in [0.15, 0.2) is 24.3 Å². The summed E-state index contributed by atoms with van der Waals surface area (Å²) in [5.41, 5.74) is 2.30. The number of carbonyl (C=O) groups excluding carboxylic acids is 1. The molecule has 1 saturated heterocycles. The highest BCUT2D eigenvalue weighted by Gasteiger charge is 2.26. The molecule has 0 spiro atoms. The highest BCUT2D eigenvalue weighted by atomic mass is 16.5. The molecule has 2 aliphatic rings. The lowest BCUT2D eigenvalue weighted by Gasteiger charge is -2.26. The SMILES string of the molecule is O=C(CCC1CCCO1)C1CCNc2ccccc21. The number of para-hydroxylation sites is 1. The predicted molar refractivity (Wildman–Crippen MR) is 75.5 cm³/mol. The third kappa shape index (κ3) is 2.81. The molecule has 0 radical (unpaired) electrons. The number of rotatable bonds is 4. The molecule has 1 fully saturated rings. The molecule has 0 saturated carbocycles. The number of ketones is 1. The average Bonchev–Trinajstić information content (AvgIpc) is 2.97. The number of fused-ring (bicyclic) bond motifs is 1. The molecule has 19 heavy (non-hydrogen) atoms. The summed E-state index contributed by atoms with van der Waals surface area (Å²) in [5, 5.41) is 3.37. The van der Waals surface area contributed by atoms with E-state index in [4.69, 9.17) is 4.74 Å². The van der Waals surface area contributed by atoms with E-state index in [1.807, 2.05) is 12.1 Å². The normalized spacial score (nSPS) is 25.7. The Bertz CT molecular complexity index is 452. The Hall–Kier alpha value is -1.35. The van der Waals surface area contributed by atoms with Gasteiger partial charge in [-0.2, -0.15) is 0 Å². The van der Waals surface area contributed by atoms with Crippen LogP contribution in [0.5, 0.6) is 0 Å². The minimum Gasteiger partial charge on any atom is -0.385 e. The zero-order valence-electron chi connectivity index (χ0n) is 11.2. The molecule has 3 heteroatoms. The maximum absolute atomic E-state index is 12.4. The Morgan fingerprint density at radius 2 is 2.21 bits per heavy atom. The van der Waals surface area contributed by atoms with Crippen LogP contribution >= 0.6 is 0 Å². The average molecular weight is 259 g/mol. The van der Waals surface area contributed by atoms with Crippen LogP contribution in [0.2, 0.25) is 0 Å². The highest BCUT2D eigenvalue weighted by molar-refractivity contribution is 5.88. The first kappa shape index (κ1) is 12.7. The summed E-state index contributed by atoms with van der Waals surface area (Å²) in [6.45, 7) is 1.77. The fourth-order valence-electron chi connectivity index (χ4n) is 3.15. The van der Waals surface area contributed by atoms with E-state index in [9.17, 15) is 4.79 Å². The monoisotopic (exact) mass is 259 g/mol. The lowest BCUT2D eigenvalue weighted by atomic mass is 9.85. The number of ether oxygens (including phenoxy) is 1. The standard InChI is InChI=1S/C16H21NO2/c18-16(8-7-12-4-3-11-19-12)14-9-10-17-15-6-2-1-5-13(14)15/h1-2,5-6,12,14,17H,3-4,7-11H2. The van der Waals surface area contributed by atoms with Crippen molar-refractivity contribution in [2.75, 3.05) is 18.5 Å². The molecule has 2 atom stereocenters. The summed E-state index contributed by atoms with van der Waals surface area (Å²) in [6, 6.07) is 8.18. The second-order valence-electron chi connectivity index (χ2n) is 5.50. The van der Waals surface area contributed by atoms with E-state index < -0.39 is 0 Å². The molecule has 2 unspecified atom stereocenters. The number of carbonyl (C=O) groups is 1. The van der Waals surface area contributed by atoms with Crippen LogP contribution in [0.4, 0.5) is 5.69 Å². The summed E-state index contributed by atoms with van der Waals surface area (Å²) in [7, 11) is 0. The summed E-state index contributed by atoms with van der Waals surface area (Å²) in [6.07, 6.45) is 5.06. The van der Waals surface area contributed by atoms with Crippen molar-refractivity contribution in [2.24, 2.45) is 0 Å². The van der Waals surface area contributed by atoms with Crippen molar-refractivity contribution < 1.29 is 9.53 Å². The van der Waals surface area contributed by atoms with E-state index in [0.717, 1.165) is 44.5 Å². The Morgan fingerprint density at radius 1 is 1.32 bits per heavy atom. The van der Waals surface area contributed by atoms with Gasteiger partial charge in [0.05, 0.1) is 6.10 Å². The fraction of sp³-hybridized carbons (Fsp3) is 0.562. The molecule has 0 bridgehead atoms. The van der Waals surface area contributed by atoms with E-state index in [1.165, 1.54) is 5.56 Å². The molecule has 3 nitrogen and oxygen atoms in total. The Morgan fingerprint density at radius 3 is 3.05 bits per heavy atom. The van der Waals surface area contributed by atoms with Gasteiger partial charge in [0.2, 0.25) is 0 Å². The molecular formula is C16H21NO2. The van der Waals surface area contributed by atoms with Crippen molar-refractivity contribution in [1.29, 1.82) is 0 Å². The zero-order chi connectivity index (χ0) is 13.1. The Labute approximate surface area is 114 Å². The molecule has 1 N–H and O–H groups in total. The van der Waals surface area contributed by atoms with Crippen LogP contribution in [-0.4, -0.2) is 25.0 Å². The van der Waals surface area contributed by atoms with Crippen molar-refractivity contribution in [3.63, 3.8) is 0 Å². The van der Waals surface area contributed by atoms with E-state index in [-0.39, 0.29) is 5.92 Å². The van der Waals surface area contributed by atoms with Crippen LogP contribution in [0.1, 0.15) is 43.6 Å². The lowest BCUT2D eigenvalue weighted by Crippen LogP contribution is -2.23. The van der Waals surface area contributed by atoms with E-state index in [0.29, 0.717) is 18.3 Å². The first-order valence-corrected chi connectivity index (χ1v) is 7.32. The zero-order valence-corrected chi connectivity index (χ0v) is 11.2. The molecule has 2 aliphatic heterocycles. The molecule has 0 aromatic heterocycles. The van der Waals surface area contributed by atoms with Gasteiger partial charge in [-0.1, -0.05) is 18.2 Å². The minimum atomic E-state index is 0.0823. The van der Waals surface area contributed by atoms with E-state index >= 15 is 0 Å². The van der Waals surface area contributed by atoms with Gasteiger partial charge in [0, 0.05) is 31.2 Å². The largest absolute Gasteiger partial charge is 0.385 e. The van der Waals surface area contributed by atoms with Gasteiger partial charge in [0.1, 0.15) is 5.78 Å². The van der Waals surface area contributed by atoms with Crippen molar-refractivity contribution in [3.05, 3.63) is 29.8 Å². The number of Topliss-reactive ketones (excluding diaryl/α,β-unsaturated/α-hetero) is 1. The van der Waals surface area contributed by atoms with Crippen molar-refractivity contribution >= 4 is 11.5 Å². The predicted octanol–water partition coefficient (Wildman–Crippen LogP) is 3.11. The van der Waals surface area contributed by atoms with Crippen LogP contribution in [-0.2, 0) is 9.53 Å². The molecule has 1 aromatic rings. The van der Waals surface area contributed by atoms with Gasteiger partial charge in [-0.3, -0.25) is 4.79 Å². The van der Waals surface area contributed by atoms with Gasteiger partial charge in [-0.05, 0) is 37.3 Å². The van der Waals surface area contributed by atoms with Gasteiger partial charge in [-0.25, -0.2) is 0 Å². The van der Waals surface area contributed by atoms with Gasteiger partial charge in [0.25, 0.3) is 0 Å². The van der Waals surface area contributed by atoms with E-state index in [1.54, 1.807) is 0 Å². The number of nitrogens with one attached hydrogen (secondary N) is 1. The first-order valence-electron chi connectivity index (χ1n) is 7.32. The third-order valence-corrected chi connectivity index (χ3v) is 4.21. The highest BCUT2D eigenvalue weighted by Crippen LogP contribution is 2.33. The fourth-order valence-corrected chi connectivity index (χ4v) is 3.15. The second-order valence-corrected chi connectivity index (χ2v) is 5.50. The lowest BCUT2D eigenvalue weighted by molar-refractivity contribution is -0.121. The third-order valence-electron chi connectivity index (χ3n) is 4.21. The molecule has 2 heterocycles. The maximum Gasteiger partial charge on any atom is 0.140 e. The Balaban J connectivity index is 1.64. The topological polar surface area (TPSA) is 38.3 Å². The summed E-state index contributed by atoms with van der Waals surface area (Å²) in [5.74, 6) is 0.461. The van der Waals surface area contributed by atoms with Crippen LogP contribution in [0.25, 0.3) is 0 Å². The van der Waals surface area contributed by atoms with Crippen LogP contribution < -0.4 is 5.32 Å². The minimum absolute atomic E-state index is 0.0823. The smallest absolute Gasteiger partial charge is 0.140 e. The first-order chi connectivity index (χ1) is 9.34. The van der Waals surface area contributed by atoms with Crippen LogP contribution in [0, 0.1) is 0 Å². The molecule has 3 rings (SSSR count). The molecular weight excluding hydrogens is 238 g/mol. The number of benzene rings is 1. The quantitative estimate of drug-likeness (QED) is 0.903. The van der Waals surface area contributed by atoms with Crippen molar-refractivity contribution in [1.82, 2.24) is 0 Å². The molecule has 102 valence electrons. The second kappa shape index (κ2) is 5.74. The van der Waals surface area contributed by atoms with Gasteiger partial charge in [-0.15, -0.1) is 0 Å². The summed E-state index contributed by atoms with van der Waals surface area (Å²) < 4.78 is 5.60. The number of anilines is 1. The van der Waals surface area contributed by atoms with Crippen LogP contribution in [0.3, 0.4) is 0 Å². The number of hydrogen-bond donors (Lipinski definition) is 1. The molecule has 0 amide bonds. The van der Waals surface area contributed by atoms with Gasteiger partial charge < -0.3 is 10.1 Å². The van der Waals surface area contributed by atoms with Crippen molar-refractivity contribution in [2.45, 2.75) is 44.1 Å².